The summed E-state index contributed by atoms with van der Waals surface area (Å²) in [5, 5.41) is 7.71. The second-order valence-electron chi connectivity index (χ2n) is 6.46. The highest BCUT2D eigenvalue weighted by atomic mass is 35.5. The molecular formula is C20H18ClN5O2. The van der Waals surface area contributed by atoms with E-state index >= 15 is 0 Å². The van der Waals surface area contributed by atoms with Crippen molar-refractivity contribution in [2.45, 2.75) is 26.8 Å². The zero-order chi connectivity index (χ0) is 19.7. The fourth-order valence-corrected chi connectivity index (χ4v) is 3.19. The van der Waals surface area contributed by atoms with Gasteiger partial charge in [-0.1, -0.05) is 11.6 Å². The monoisotopic (exact) mass is 395 g/mol. The Morgan fingerprint density at radius 3 is 2.75 bits per heavy atom. The molecule has 28 heavy (non-hydrogen) atoms. The molecule has 0 radical (unpaired) electrons. The van der Waals surface area contributed by atoms with Gasteiger partial charge in [-0.05, 0) is 50.2 Å². The molecule has 0 bridgehead atoms. The third kappa shape index (κ3) is 3.61. The molecule has 1 N–H and O–H groups in total. The number of rotatable bonds is 5. The van der Waals surface area contributed by atoms with Crippen LogP contribution < -0.4 is 5.32 Å². The van der Waals surface area contributed by atoms with Crippen molar-refractivity contribution in [3.05, 3.63) is 70.5 Å². The first-order chi connectivity index (χ1) is 13.5. The highest BCUT2D eigenvalue weighted by Crippen LogP contribution is 2.23. The van der Waals surface area contributed by atoms with Gasteiger partial charge in [0, 0.05) is 27.5 Å². The second-order valence-corrected chi connectivity index (χ2v) is 6.90. The third-order valence-corrected chi connectivity index (χ3v) is 4.83. The Morgan fingerprint density at radius 2 is 1.96 bits per heavy atom. The smallest absolute Gasteiger partial charge is 0.252 e. The minimum atomic E-state index is -0.114. The molecule has 7 nitrogen and oxygen atoms in total. The highest BCUT2D eigenvalue weighted by molar-refractivity contribution is 6.30. The van der Waals surface area contributed by atoms with E-state index in [-0.39, 0.29) is 12.3 Å². The van der Waals surface area contributed by atoms with Crippen LogP contribution in [-0.4, -0.2) is 25.5 Å². The third-order valence-electron chi connectivity index (χ3n) is 4.58. The lowest BCUT2D eigenvalue weighted by atomic mass is 10.1. The van der Waals surface area contributed by atoms with Crippen molar-refractivity contribution < 1.29 is 9.21 Å². The van der Waals surface area contributed by atoms with E-state index < -0.39 is 0 Å². The van der Waals surface area contributed by atoms with Gasteiger partial charge in [0.1, 0.15) is 17.8 Å². The molecule has 0 aliphatic carbocycles. The number of hydrogen-bond acceptors (Lipinski definition) is 5. The first-order valence-electron chi connectivity index (χ1n) is 8.78. The number of aryl methyl sites for hydroxylation is 2. The Hall–Kier alpha value is -3.19. The van der Waals surface area contributed by atoms with Crippen molar-refractivity contribution in [3.63, 3.8) is 0 Å². The molecule has 3 aromatic heterocycles. The van der Waals surface area contributed by atoms with Gasteiger partial charge in [-0.15, -0.1) is 0 Å². The maximum absolute atomic E-state index is 12.4. The van der Waals surface area contributed by atoms with Crippen molar-refractivity contribution in [2.75, 3.05) is 0 Å². The molecule has 4 aromatic rings. The Morgan fingerprint density at radius 1 is 1.18 bits per heavy atom. The fourth-order valence-electron chi connectivity index (χ4n) is 3.06. The van der Waals surface area contributed by atoms with Crippen LogP contribution in [0.4, 0.5) is 0 Å². The van der Waals surface area contributed by atoms with Crippen LogP contribution in [0.3, 0.4) is 0 Å². The highest BCUT2D eigenvalue weighted by Gasteiger charge is 2.15. The molecule has 0 spiro atoms. The summed E-state index contributed by atoms with van der Waals surface area (Å²) in [7, 11) is 0. The van der Waals surface area contributed by atoms with E-state index in [4.69, 9.17) is 16.0 Å². The Bertz CT molecular complexity index is 1150. The number of halogens is 1. The predicted octanol–water partition coefficient (Wildman–Crippen LogP) is 3.51. The molecule has 0 saturated heterocycles. The van der Waals surface area contributed by atoms with Gasteiger partial charge < -0.3 is 9.73 Å². The number of aromatic nitrogens is 4. The van der Waals surface area contributed by atoms with Crippen LogP contribution in [0.5, 0.6) is 0 Å². The van der Waals surface area contributed by atoms with E-state index in [1.54, 1.807) is 4.52 Å². The van der Waals surface area contributed by atoms with Gasteiger partial charge in [-0.2, -0.15) is 10.1 Å². The molecule has 1 amide bonds. The molecule has 0 saturated carbocycles. The molecule has 142 valence electrons. The zero-order valence-corrected chi connectivity index (χ0v) is 16.2. The molecule has 0 fully saturated rings. The molecular weight excluding hydrogens is 378 g/mol. The van der Waals surface area contributed by atoms with Crippen LogP contribution in [0.1, 0.15) is 22.7 Å². The van der Waals surface area contributed by atoms with E-state index in [0.717, 1.165) is 28.3 Å². The van der Waals surface area contributed by atoms with Gasteiger partial charge >= 0.3 is 0 Å². The Labute approximate surface area is 166 Å². The maximum Gasteiger partial charge on any atom is 0.252 e. The minimum absolute atomic E-state index is 0.114. The lowest BCUT2D eigenvalue weighted by Gasteiger charge is -2.10. The van der Waals surface area contributed by atoms with Crippen molar-refractivity contribution in [2.24, 2.45) is 0 Å². The number of nitrogens with one attached hydrogen (secondary N) is 1. The zero-order valence-electron chi connectivity index (χ0n) is 15.4. The normalized spacial score (nSPS) is 11.1. The molecule has 0 atom stereocenters. The molecule has 0 aliphatic rings. The number of benzene rings is 1. The van der Waals surface area contributed by atoms with Crippen LogP contribution in [0, 0.1) is 13.8 Å². The number of carbonyl (C=O) groups excluding carboxylic acids is 1. The largest absolute Gasteiger partial charge is 0.459 e. The van der Waals surface area contributed by atoms with Crippen LogP contribution in [0.2, 0.25) is 5.02 Å². The first kappa shape index (κ1) is 18.2. The average Bonchev–Trinajstić information content (AvgIpc) is 3.33. The first-order valence-corrected chi connectivity index (χ1v) is 9.16. The van der Waals surface area contributed by atoms with Crippen LogP contribution >= 0.6 is 11.6 Å². The minimum Gasteiger partial charge on any atom is -0.459 e. The molecule has 0 unspecified atom stereocenters. The number of nitrogens with zero attached hydrogens (tertiary/aromatic N) is 4. The van der Waals surface area contributed by atoms with E-state index in [2.05, 4.69) is 20.4 Å². The van der Waals surface area contributed by atoms with E-state index in [9.17, 15) is 4.79 Å². The van der Waals surface area contributed by atoms with Gasteiger partial charge in [0.25, 0.3) is 5.78 Å². The molecule has 1 aromatic carbocycles. The predicted molar refractivity (Wildman–Crippen MR) is 105 cm³/mol. The molecule has 0 aliphatic heterocycles. The summed E-state index contributed by atoms with van der Waals surface area (Å²) in [6.45, 7) is 4.09. The quantitative estimate of drug-likeness (QED) is 0.558. The van der Waals surface area contributed by atoms with Crippen molar-refractivity contribution in [1.29, 1.82) is 0 Å². The summed E-state index contributed by atoms with van der Waals surface area (Å²) in [6.07, 6.45) is 1.67. The van der Waals surface area contributed by atoms with Gasteiger partial charge in [0.15, 0.2) is 0 Å². The Kier molecular flexibility index (Phi) is 4.83. The van der Waals surface area contributed by atoms with Crippen molar-refractivity contribution >= 4 is 23.3 Å². The SMILES string of the molecule is Cc1nc2ncnn2c(C)c1CC(=O)NCc1ccc(-c2ccc(Cl)cc2)o1. The number of hydrogen-bond donors (Lipinski definition) is 1. The average molecular weight is 396 g/mol. The van der Waals surface area contributed by atoms with Crippen molar-refractivity contribution in [3.8, 4) is 11.3 Å². The molecule has 8 heteroatoms. The van der Waals surface area contributed by atoms with E-state index in [0.29, 0.717) is 23.1 Å². The number of carbonyl (C=O) groups is 1. The lowest BCUT2D eigenvalue weighted by Crippen LogP contribution is -2.25. The summed E-state index contributed by atoms with van der Waals surface area (Å²) >= 11 is 5.91. The maximum atomic E-state index is 12.4. The summed E-state index contributed by atoms with van der Waals surface area (Å²) < 4.78 is 7.45. The second kappa shape index (κ2) is 7.44. The van der Waals surface area contributed by atoms with Crippen LogP contribution in [0.15, 0.2) is 47.1 Å². The molecule has 4 rings (SSSR count). The van der Waals surface area contributed by atoms with Gasteiger partial charge in [0.2, 0.25) is 5.91 Å². The van der Waals surface area contributed by atoms with Crippen molar-refractivity contribution in [1.82, 2.24) is 24.9 Å². The Balaban J connectivity index is 1.42. The lowest BCUT2D eigenvalue weighted by molar-refractivity contribution is -0.120. The van der Waals surface area contributed by atoms with Gasteiger partial charge in [-0.25, -0.2) is 9.50 Å². The molecule has 3 heterocycles. The standard InChI is InChI=1S/C20H18ClN5O2/c1-12-17(13(2)26-20(25-12)23-11-24-26)9-19(27)22-10-16-7-8-18(28-16)14-3-5-15(21)6-4-14/h3-8,11H,9-10H2,1-2H3,(H,22,27). The number of amides is 1. The summed E-state index contributed by atoms with van der Waals surface area (Å²) in [5.74, 6) is 1.83. The van der Waals surface area contributed by atoms with Gasteiger partial charge in [-0.3, -0.25) is 4.79 Å². The topological polar surface area (TPSA) is 85.3 Å². The number of fused-ring (bicyclic) bond motifs is 1. The summed E-state index contributed by atoms with van der Waals surface area (Å²) in [5.41, 5.74) is 3.41. The van der Waals surface area contributed by atoms with Crippen LogP contribution in [0.25, 0.3) is 17.1 Å². The van der Waals surface area contributed by atoms with E-state index in [1.807, 2.05) is 50.2 Å². The number of furan rings is 1. The van der Waals surface area contributed by atoms with Gasteiger partial charge in [0.05, 0.1) is 13.0 Å². The summed E-state index contributed by atoms with van der Waals surface area (Å²) in [4.78, 5) is 20.9. The fraction of sp³-hybridized carbons (Fsp3) is 0.200. The van der Waals surface area contributed by atoms with Crippen LogP contribution in [-0.2, 0) is 17.8 Å². The summed E-state index contributed by atoms with van der Waals surface area (Å²) in [6, 6.07) is 11.1. The van der Waals surface area contributed by atoms with E-state index in [1.165, 1.54) is 6.33 Å².